The van der Waals surface area contributed by atoms with Gasteiger partial charge in [-0.1, -0.05) is 40.2 Å². The van der Waals surface area contributed by atoms with Gasteiger partial charge in [0.05, 0.1) is 0 Å². The second kappa shape index (κ2) is 4.90. The van der Waals surface area contributed by atoms with Crippen LogP contribution in [0.3, 0.4) is 0 Å². The molecule has 0 radical (unpaired) electrons. The molecule has 0 saturated carbocycles. The number of hydrogen-bond donors (Lipinski definition) is 1. The summed E-state index contributed by atoms with van der Waals surface area (Å²) in [6.07, 6.45) is 3.44. The molecule has 0 heterocycles. The van der Waals surface area contributed by atoms with E-state index >= 15 is 0 Å². The topological polar surface area (TPSA) is 20.2 Å². The van der Waals surface area contributed by atoms with Crippen molar-refractivity contribution in [1.29, 1.82) is 0 Å². The molecule has 0 spiro atoms. The van der Waals surface area contributed by atoms with Crippen molar-refractivity contribution in [2.45, 2.75) is 59.3 Å². The number of benzene rings is 1. The van der Waals surface area contributed by atoms with Crippen molar-refractivity contribution in [2.24, 2.45) is 0 Å². The molecule has 0 aliphatic carbocycles. The Labute approximate surface area is 99.5 Å². The van der Waals surface area contributed by atoms with Crippen molar-refractivity contribution in [3.8, 4) is 5.75 Å². The van der Waals surface area contributed by atoms with E-state index in [0.717, 1.165) is 12.0 Å². The lowest BCUT2D eigenvalue weighted by Crippen LogP contribution is -2.13. The minimum absolute atomic E-state index is 0.101. The number of phenolic OH excluding ortho intramolecular Hbond substituents is 1. The summed E-state index contributed by atoms with van der Waals surface area (Å²) in [4.78, 5) is 0. The fourth-order valence-electron chi connectivity index (χ4n) is 2.06. The normalized spacial score (nSPS) is 11.8. The van der Waals surface area contributed by atoms with Crippen molar-refractivity contribution in [2.75, 3.05) is 0 Å². The predicted molar refractivity (Wildman–Crippen MR) is 70.2 cm³/mol. The maximum atomic E-state index is 9.94. The second-order valence-corrected chi connectivity index (χ2v) is 5.64. The van der Waals surface area contributed by atoms with Gasteiger partial charge in [-0.05, 0) is 47.9 Å². The molecule has 0 saturated heterocycles. The molecular weight excluding hydrogens is 196 g/mol. The van der Waals surface area contributed by atoms with E-state index in [4.69, 9.17) is 0 Å². The maximum absolute atomic E-state index is 9.94. The van der Waals surface area contributed by atoms with Gasteiger partial charge in [-0.25, -0.2) is 0 Å². The van der Waals surface area contributed by atoms with Gasteiger partial charge in [0, 0.05) is 0 Å². The molecule has 90 valence electrons. The molecule has 1 nitrogen and oxygen atoms in total. The van der Waals surface area contributed by atoms with Crippen molar-refractivity contribution >= 4 is 0 Å². The van der Waals surface area contributed by atoms with E-state index in [1.807, 2.05) is 13.0 Å². The molecule has 1 heteroatoms. The molecule has 0 aliphatic heterocycles. The summed E-state index contributed by atoms with van der Waals surface area (Å²) in [6.45, 7) is 10.8. The number of phenols is 1. The molecule has 0 aliphatic rings. The third kappa shape index (κ3) is 3.01. The lowest BCUT2D eigenvalue weighted by atomic mass is 9.82. The van der Waals surface area contributed by atoms with Gasteiger partial charge in [0.1, 0.15) is 5.75 Å². The molecule has 0 amide bonds. The lowest BCUT2D eigenvalue weighted by molar-refractivity contribution is 0.464. The molecule has 1 rings (SSSR count). The Kier molecular flexibility index (Phi) is 4.01. The third-order valence-corrected chi connectivity index (χ3v) is 3.07. The highest BCUT2D eigenvalue weighted by Crippen LogP contribution is 2.32. The Morgan fingerprint density at radius 1 is 1.19 bits per heavy atom. The average molecular weight is 220 g/mol. The molecular formula is C15H24O. The first kappa shape index (κ1) is 13.1. The summed E-state index contributed by atoms with van der Waals surface area (Å²) in [5.41, 5.74) is 3.64. The second-order valence-electron chi connectivity index (χ2n) is 5.64. The molecule has 0 bridgehead atoms. The number of rotatable bonds is 3. The zero-order valence-electron chi connectivity index (χ0n) is 11.2. The lowest BCUT2D eigenvalue weighted by Gasteiger charge is -2.23. The van der Waals surface area contributed by atoms with E-state index in [1.165, 1.54) is 24.0 Å². The number of unbranched alkanes of at least 4 members (excludes halogenated alkanes) is 1. The average Bonchev–Trinajstić information content (AvgIpc) is 2.17. The smallest absolute Gasteiger partial charge is 0.119 e. The minimum Gasteiger partial charge on any atom is -0.508 e. The fraction of sp³-hybridized carbons (Fsp3) is 0.600. The Morgan fingerprint density at radius 2 is 1.81 bits per heavy atom. The number of aromatic hydroxyl groups is 1. The highest BCUT2D eigenvalue weighted by Gasteiger charge is 2.18. The summed E-state index contributed by atoms with van der Waals surface area (Å²) in [5, 5.41) is 9.94. The van der Waals surface area contributed by atoms with Gasteiger partial charge in [0.2, 0.25) is 0 Å². The highest BCUT2D eigenvalue weighted by atomic mass is 16.3. The zero-order chi connectivity index (χ0) is 12.3. The summed E-state index contributed by atoms with van der Waals surface area (Å²) in [5.74, 6) is 0.443. The molecule has 0 unspecified atom stereocenters. The van der Waals surface area contributed by atoms with Gasteiger partial charge in [-0.2, -0.15) is 0 Å². The van der Waals surface area contributed by atoms with Gasteiger partial charge >= 0.3 is 0 Å². The monoisotopic (exact) mass is 220 g/mol. The van der Waals surface area contributed by atoms with Crippen LogP contribution in [0.5, 0.6) is 5.75 Å². The predicted octanol–water partition coefficient (Wildman–Crippen LogP) is 4.34. The van der Waals surface area contributed by atoms with Crippen molar-refractivity contribution in [1.82, 2.24) is 0 Å². The molecule has 0 fully saturated rings. The number of aryl methyl sites for hydroxylation is 1. The van der Waals surface area contributed by atoms with Crippen LogP contribution < -0.4 is 0 Å². The first-order chi connectivity index (χ1) is 7.36. The highest BCUT2D eigenvalue weighted by molar-refractivity contribution is 5.45. The van der Waals surface area contributed by atoms with Crippen LogP contribution in [0.15, 0.2) is 12.1 Å². The Hall–Kier alpha value is -0.980. The van der Waals surface area contributed by atoms with Gasteiger partial charge in [-0.3, -0.25) is 0 Å². The van der Waals surface area contributed by atoms with Crippen molar-refractivity contribution < 1.29 is 5.11 Å². The van der Waals surface area contributed by atoms with Gasteiger partial charge in [-0.15, -0.1) is 0 Å². The van der Waals surface area contributed by atoms with E-state index in [-0.39, 0.29) is 5.41 Å². The summed E-state index contributed by atoms with van der Waals surface area (Å²) in [7, 11) is 0. The molecule has 16 heavy (non-hydrogen) atoms. The molecule has 0 aromatic heterocycles. The van der Waals surface area contributed by atoms with Crippen LogP contribution in [0.4, 0.5) is 0 Å². The SMILES string of the molecule is CCCCc1cc(O)c(C)c(C(C)(C)C)c1. The van der Waals surface area contributed by atoms with E-state index in [0.29, 0.717) is 5.75 Å². The molecule has 1 aromatic carbocycles. The van der Waals surface area contributed by atoms with Gasteiger partial charge in [0.15, 0.2) is 0 Å². The van der Waals surface area contributed by atoms with Crippen molar-refractivity contribution in [3.63, 3.8) is 0 Å². The molecule has 0 atom stereocenters. The van der Waals surface area contributed by atoms with E-state index in [1.54, 1.807) is 0 Å². The van der Waals surface area contributed by atoms with Crippen LogP contribution >= 0.6 is 0 Å². The standard InChI is InChI=1S/C15H24O/c1-6-7-8-12-9-13(15(3,4)5)11(2)14(16)10-12/h9-10,16H,6-8H2,1-5H3. The fourth-order valence-corrected chi connectivity index (χ4v) is 2.06. The largest absolute Gasteiger partial charge is 0.508 e. The third-order valence-electron chi connectivity index (χ3n) is 3.07. The summed E-state index contributed by atoms with van der Waals surface area (Å²) in [6, 6.07) is 4.17. The van der Waals surface area contributed by atoms with E-state index in [2.05, 4.69) is 33.8 Å². The first-order valence-corrected chi connectivity index (χ1v) is 6.19. The van der Waals surface area contributed by atoms with Crippen LogP contribution in [0.1, 0.15) is 57.2 Å². The maximum Gasteiger partial charge on any atom is 0.119 e. The molecule has 1 N–H and O–H groups in total. The number of hydrogen-bond acceptors (Lipinski definition) is 1. The van der Waals surface area contributed by atoms with Gasteiger partial charge in [0.25, 0.3) is 0 Å². The Morgan fingerprint density at radius 3 is 2.31 bits per heavy atom. The summed E-state index contributed by atoms with van der Waals surface area (Å²) < 4.78 is 0. The first-order valence-electron chi connectivity index (χ1n) is 6.19. The van der Waals surface area contributed by atoms with Crippen LogP contribution in [0, 0.1) is 6.92 Å². The Bertz CT molecular complexity index is 358. The van der Waals surface area contributed by atoms with Crippen LogP contribution in [0.2, 0.25) is 0 Å². The van der Waals surface area contributed by atoms with Crippen LogP contribution in [-0.4, -0.2) is 5.11 Å². The summed E-state index contributed by atoms with van der Waals surface area (Å²) >= 11 is 0. The van der Waals surface area contributed by atoms with E-state index < -0.39 is 0 Å². The zero-order valence-corrected chi connectivity index (χ0v) is 11.2. The van der Waals surface area contributed by atoms with Crippen LogP contribution in [0.25, 0.3) is 0 Å². The molecule has 1 aromatic rings. The van der Waals surface area contributed by atoms with Gasteiger partial charge < -0.3 is 5.11 Å². The van der Waals surface area contributed by atoms with Crippen molar-refractivity contribution in [3.05, 3.63) is 28.8 Å². The quantitative estimate of drug-likeness (QED) is 0.803. The van der Waals surface area contributed by atoms with Crippen LogP contribution in [-0.2, 0) is 11.8 Å². The van der Waals surface area contributed by atoms with E-state index in [9.17, 15) is 5.11 Å². The minimum atomic E-state index is 0.101. The Balaban J connectivity index is 3.12.